The highest BCUT2D eigenvalue weighted by Crippen LogP contribution is 2.44. The lowest BCUT2D eigenvalue weighted by Gasteiger charge is -2.32. The van der Waals surface area contributed by atoms with E-state index in [2.05, 4.69) is 39.8 Å². The molecule has 4 aromatic rings. The van der Waals surface area contributed by atoms with Gasteiger partial charge in [0.25, 0.3) is 0 Å². The number of carboxylic acid groups (broad SMARTS) is 1. The molecular weight excluding hydrogens is 557 g/mol. The second kappa shape index (κ2) is 11.4. The van der Waals surface area contributed by atoms with Crippen molar-refractivity contribution in [2.24, 2.45) is 0 Å². The Kier molecular flexibility index (Phi) is 7.65. The highest BCUT2D eigenvalue weighted by atomic mass is 16.7. The van der Waals surface area contributed by atoms with Gasteiger partial charge in [0.05, 0.1) is 16.9 Å². The first-order valence-electron chi connectivity index (χ1n) is 14.6. The molecule has 2 aliphatic rings. The van der Waals surface area contributed by atoms with Crippen LogP contribution in [0.5, 0.6) is 0 Å². The van der Waals surface area contributed by atoms with Gasteiger partial charge in [0, 0.05) is 18.0 Å². The van der Waals surface area contributed by atoms with Crippen LogP contribution in [-0.2, 0) is 14.0 Å². The summed E-state index contributed by atoms with van der Waals surface area (Å²) in [5.74, 6) is -1.11. The van der Waals surface area contributed by atoms with Crippen molar-refractivity contribution in [3.8, 4) is 22.4 Å². The van der Waals surface area contributed by atoms with Gasteiger partial charge in [0.2, 0.25) is 0 Å². The van der Waals surface area contributed by atoms with E-state index in [4.69, 9.17) is 14.0 Å². The number of fused-ring (bicyclic) bond motifs is 3. The minimum absolute atomic E-state index is 0.0197. The smallest absolute Gasteiger partial charge is 0.477 e. The predicted molar refractivity (Wildman–Crippen MR) is 168 cm³/mol. The zero-order valence-corrected chi connectivity index (χ0v) is 25.1. The summed E-state index contributed by atoms with van der Waals surface area (Å²) in [7, 11) is -0.682. The van der Waals surface area contributed by atoms with E-state index >= 15 is 0 Å². The van der Waals surface area contributed by atoms with Crippen molar-refractivity contribution in [1.29, 1.82) is 0 Å². The summed E-state index contributed by atoms with van der Waals surface area (Å²) in [5, 5.41) is 18.7. The number of amides is 1. The van der Waals surface area contributed by atoms with Crippen LogP contribution in [0.3, 0.4) is 0 Å². The number of carboxylic acids is 1. The van der Waals surface area contributed by atoms with Gasteiger partial charge in [0.1, 0.15) is 12.3 Å². The van der Waals surface area contributed by atoms with Crippen LogP contribution in [0.15, 0.2) is 84.3 Å². The van der Waals surface area contributed by atoms with Crippen LogP contribution in [0.4, 0.5) is 4.79 Å². The predicted octanol–water partition coefficient (Wildman–Crippen LogP) is 6.33. The highest BCUT2D eigenvalue weighted by Gasteiger charge is 2.52. The molecule has 1 amide bonds. The fraction of sp³-hybridized carbons (Fsp3) is 0.265. The summed E-state index contributed by atoms with van der Waals surface area (Å²) in [6.07, 6.45) is 1.39. The molecule has 9 nitrogen and oxygen atoms in total. The molecule has 0 radical (unpaired) electrons. The molecule has 10 heteroatoms. The summed E-state index contributed by atoms with van der Waals surface area (Å²) in [4.78, 5) is 24.2. The van der Waals surface area contributed by atoms with Gasteiger partial charge in [0.15, 0.2) is 0 Å². The molecule has 1 aliphatic heterocycles. The second-order valence-electron chi connectivity index (χ2n) is 12.1. The highest BCUT2D eigenvalue weighted by molar-refractivity contribution is 6.56. The van der Waals surface area contributed by atoms with Gasteiger partial charge in [-0.05, 0) is 67.1 Å². The van der Waals surface area contributed by atoms with Gasteiger partial charge in [-0.15, -0.1) is 0 Å². The number of carbonyl (C=O) groups excluding carboxylic acids is 1. The molecule has 3 aromatic carbocycles. The molecular formula is C34H34BN3O6. The molecule has 1 fully saturated rings. The zero-order valence-electron chi connectivity index (χ0n) is 25.1. The number of ether oxygens (including phenoxy) is 1. The Hall–Kier alpha value is -4.67. The van der Waals surface area contributed by atoms with E-state index in [1.807, 2.05) is 82.3 Å². The van der Waals surface area contributed by atoms with Crippen LogP contribution >= 0.6 is 0 Å². The molecule has 3 N–H and O–H groups in total. The van der Waals surface area contributed by atoms with Crippen LogP contribution in [-0.4, -0.2) is 58.8 Å². The maximum absolute atomic E-state index is 13.0. The van der Waals surface area contributed by atoms with Crippen molar-refractivity contribution in [2.45, 2.75) is 44.8 Å². The Morgan fingerprint density at radius 3 is 2.11 bits per heavy atom. The van der Waals surface area contributed by atoms with E-state index in [1.165, 1.54) is 17.2 Å². The number of nitrogens with zero attached hydrogens (tertiary/aromatic N) is 1. The number of rotatable bonds is 8. The van der Waals surface area contributed by atoms with Gasteiger partial charge >= 0.3 is 19.2 Å². The minimum atomic E-state index is -1.07. The van der Waals surface area contributed by atoms with Gasteiger partial charge in [-0.1, -0.05) is 78.9 Å². The fourth-order valence-corrected chi connectivity index (χ4v) is 5.56. The van der Waals surface area contributed by atoms with E-state index in [1.54, 1.807) is 0 Å². The van der Waals surface area contributed by atoms with E-state index < -0.39 is 30.4 Å². The van der Waals surface area contributed by atoms with Gasteiger partial charge in [-0.3, -0.25) is 5.10 Å². The Morgan fingerprint density at radius 1 is 0.955 bits per heavy atom. The molecule has 0 bridgehead atoms. The minimum Gasteiger partial charge on any atom is -0.477 e. The lowest BCUT2D eigenvalue weighted by molar-refractivity contribution is 0.00578. The molecule has 2 heterocycles. The van der Waals surface area contributed by atoms with Gasteiger partial charge in [-0.2, -0.15) is 5.10 Å². The number of H-pyrrole nitrogens is 1. The van der Waals surface area contributed by atoms with Crippen LogP contribution in [0.2, 0.25) is 0 Å². The van der Waals surface area contributed by atoms with Gasteiger partial charge in [-0.25, -0.2) is 9.59 Å². The van der Waals surface area contributed by atoms with Crippen LogP contribution in [0, 0.1) is 0 Å². The number of carbonyl (C=O) groups is 2. The largest absolute Gasteiger partial charge is 0.492 e. The van der Waals surface area contributed by atoms with Crippen molar-refractivity contribution in [3.05, 3.63) is 107 Å². The number of aromatic amines is 1. The number of nitrogens with one attached hydrogen (secondary N) is 2. The second-order valence-corrected chi connectivity index (χ2v) is 12.1. The lowest BCUT2D eigenvalue weighted by atomic mass is 9.77. The standard InChI is InChI=1S/C34H34BN3O6/c1-33(2)34(3,4)44-35(43-33)23(17-21-13-15-22(16-14-21)29-18-30(31(39)40)38-37-29)19-36-32(41)42-20-28-26-11-7-5-9-24(26)25-10-6-8-12-27(25)28/h5-18,28H,19-20H2,1-4H3,(H,36,41)(H,37,38)(H,39,40). The van der Waals surface area contributed by atoms with Crippen molar-refractivity contribution >= 4 is 25.3 Å². The molecule has 0 saturated carbocycles. The first kappa shape index (κ1) is 29.4. The van der Waals surface area contributed by atoms with Gasteiger partial charge < -0.3 is 24.5 Å². The SMILES string of the molecule is CC1(C)OB(C(=Cc2ccc(-c3cc(C(=O)O)[nH]n3)cc2)CNC(=O)OCC2c3ccccc3-c3ccccc32)OC1(C)C. The summed E-state index contributed by atoms with van der Waals surface area (Å²) in [6.45, 7) is 8.28. The molecule has 0 unspecified atom stereocenters. The third kappa shape index (κ3) is 5.66. The van der Waals surface area contributed by atoms with Crippen molar-refractivity contribution in [3.63, 3.8) is 0 Å². The summed E-state index contributed by atoms with van der Waals surface area (Å²) >= 11 is 0. The first-order valence-corrected chi connectivity index (χ1v) is 14.6. The average Bonchev–Trinajstić information content (AvgIpc) is 3.67. The zero-order chi connectivity index (χ0) is 31.1. The summed E-state index contributed by atoms with van der Waals surface area (Å²) in [5.41, 5.74) is 6.39. The number of hydrogen-bond donors (Lipinski definition) is 3. The van der Waals surface area contributed by atoms with E-state index in [0.717, 1.165) is 27.7 Å². The molecule has 6 rings (SSSR count). The average molecular weight is 591 g/mol. The van der Waals surface area contributed by atoms with Crippen molar-refractivity contribution in [2.75, 3.05) is 13.2 Å². The van der Waals surface area contributed by atoms with E-state index in [-0.39, 0.29) is 24.8 Å². The maximum Gasteiger partial charge on any atom is 0.492 e. The molecule has 44 heavy (non-hydrogen) atoms. The fourth-order valence-electron chi connectivity index (χ4n) is 5.56. The number of hydrogen-bond acceptors (Lipinski definition) is 6. The molecule has 0 spiro atoms. The Labute approximate surface area is 256 Å². The summed E-state index contributed by atoms with van der Waals surface area (Å²) in [6, 6.07) is 25.4. The molecule has 1 aromatic heterocycles. The third-order valence-corrected chi connectivity index (χ3v) is 8.70. The number of aromatic carboxylic acids is 1. The number of alkyl carbamates (subject to hydrolysis) is 1. The Balaban J connectivity index is 1.17. The van der Waals surface area contributed by atoms with Crippen LogP contribution in [0.1, 0.15) is 60.8 Å². The van der Waals surface area contributed by atoms with Crippen molar-refractivity contribution < 1.29 is 28.7 Å². The number of benzene rings is 3. The third-order valence-electron chi connectivity index (χ3n) is 8.70. The van der Waals surface area contributed by atoms with E-state index in [9.17, 15) is 14.7 Å². The monoisotopic (exact) mass is 591 g/mol. The topological polar surface area (TPSA) is 123 Å². The lowest BCUT2D eigenvalue weighted by Crippen LogP contribution is -2.41. The molecule has 1 saturated heterocycles. The van der Waals surface area contributed by atoms with E-state index in [0.29, 0.717) is 5.69 Å². The van der Waals surface area contributed by atoms with Crippen LogP contribution < -0.4 is 5.32 Å². The van der Waals surface area contributed by atoms with Crippen molar-refractivity contribution in [1.82, 2.24) is 15.5 Å². The molecule has 224 valence electrons. The molecule has 0 atom stereocenters. The number of aromatic nitrogens is 2. The quantitative estimate of drug-likeness (QED) is 0.205. The first-order chi connectivity index (χ1) is 21.0. The summed E-state index contributed by atoms with van der Waals surface area (Å²) < 4.78 is 18.4. The normalized spacial score (nSPS) is 16.8. The maximum atomic E-state index is 13.0. The van der Waals surface area contributed by atoms with Crippen LogP contribution in [0.25, 0.3) is 28.5 Å². The Bertz CT molecular complexity index is 1680. The Morgan fingerprint density at radius 2 is 1.55 bits per heavy atom. The molecule has 1 aliphatic carbocycles.